The zero-order chi connectivity index (χ0) is 13.1. The van der Waals surface area contributed by atoms with Gasteiger partial charge in [0.1, 0.15) is 10.8 Å². The summed E-state index contributed by atoms with van der Waals surface area (Å²) in [5, 5.41) is 21.2. The first-order valence-electron chi connectivity index (χ1n) is 5.22. The van der Waals surface area contributed by atoms with Crippen LogP contribution in [0.15, 0.2) is 18.2 Å². The number of hydrogen-bond donors (Lipinski definition) is 2. The molecule has 1 heterocycles. The molecule has 0 saturated carbocycles. The van der Waals surface area contributed by atoms with E-state index in [1.165, 1.54) is 29.5 Å². The number of phenols is 1. The Morgan fingerprint density at radius 1 is 1.50 bits per heavy atom. The van der Waals surface area contributed by atoms with Crippen LogP contribution in [0.4, 0.5) is 5.13 Å². The van der Waals surface area contributed by atoms with Crippen molar-refractivity contribution >= 4 is 34.0 Å². The standard InChI is InChI=1S/C11H10ClN3O2S/c1-2-9-14-15-11(18-9)13-10(17)7-5-6(16)3-4-8(7)12/h3-5,16H,2H2,1H3,(H,13,15,17). The Balaban J connectivity index is 2.19. The van der Waals surface area contributed by atoms with Gasteiger partial charge in [0.25, 0.3) is 5.91 Å². The number of phenolic OH excluding ortho intramolecular Hbond substituents is 1. The van der Waals surface area contributed by atoms with Gasteiger partial charge in [-0.3, -0.25) is 10.1 Å². The Kier molecular flexibility index (Phi) is 3.78. The molecule has 0 fully saturated rings. The van der Waals surface area contributed by atoms with Crippen molar-refractivity contribution in [1.82, 2.24) is 10.2 Å². The van der Waals surface area contributed by atoms with Gasteiger partial charge in [0.15, 0.2) is 0 Å². The Morgan fingerprint density at radius 2 is 2.28 bits per heavy atom. The van der Waals surface area contributed by atoms with Gasteiger partial charge < -0.3 is 5.11 Å². The molecule has 0 atom stereocenters. The molecule has 0 aliphatic heterocycles. The summed E-state index contributed by atoms with van der Waals surface area (Å²) in [4.78, 5) is 11.9. The van der Waals surface area contributed by atoms with Crippen LogP contribution in [0.25, 0.3) is 0 Å². The number of amides is 1. The number of rotatable bonds is 3. The molecule has 2 N–H and O–H groups in total. The summed E-state index contributed by atoms with van der Waals surface area (Å²) in [6.07, 6.45) is 0.764. The molecule has 94 valence electrons. The van der Waals surface area contributed by atoms with Crippen LogP contribution in [0, 0.1) is 0 Å². The number of halogens is 1. The predicted octanol–water partition coefficient (Wildman–Crippen LogP) is 2.71. The minimum absolute atomic E-state index is 0.0175. The average Bonchev–Trinajstić information content (AvgIpc) is 2.80. The topological polar surface area (TPSA) is 75.1 Å². The molecule has 0 bridgehead atoms. The zero-order valence-electron chi connectivity index (χ0n) is 9.48. The molecule has 0 aliphatic carbocycles. The number of anilines is 1. The van der Waals surface area contributed by atoms with Crippen molar-refractivity contribution in [3.8, 4) is 5.75 Å². The molecule has 0 saturated heterocycles. The highest BCUT2D eigenvalue weighted by Gasteiger charge is 2.13. The summed E-state index contributed by atoms with van der Waals surface area (Å²) in [5.74, 6) is -0.439. The largest absolute Gasteiger partial charge is 0.508 e. The molecule has 1 aromatic heterocycles. The van der Waals surface area contributed by atoms with Crippen molar-refractivity contribution in [3.63, 3.8) is 0 Å². The lowest BCUT2D eigenvalue weighted by Gasteiger charge is -2.03. The molecule has 0 aliphatic rings. The van der Waals surface area contributed by atoms with Crippen LogP contribution < -0.4 is 5.32 Å². The van der Waals surface area contributed by atoms with Crippen molar-refractivity contribution in [2.75, 3.05) is 5.32 Å². The van der Waals surface area contributed by atoms with Crippen LogP contribution in [-0.2, 0) is 6.42 Å². The summed E-state index contributed by atoms with van der Waals surface area (Å²) in [5.41, 5.74) is 0.199. The molecular weight excluding hydrogens is 274 g/mol. The number of carbonyl (C=O) groups is 1. The molecule has 7 heteroatoms. The quantitative estimate of drug-likeness (QED) is 0.908. The van der Waals surface area contributed by atoms with Crippen molar-refractivity contribution in [3.05, 3.63) is 33.8 Å². The summed E-state index contributed by atoms with van der Waals surface area (Å²) < 4.78 is 0. The van der Waals surface area contributed by atoms with E-state index < -0.39 is 5.91 Å². The van der Waals surface area contributed by atoms with Gasteiger partial charge in [0.05, 0.1) is 10.6 Å². The Bertz CT molecular complexity index is 585. The lowest BCUT2D eigenvalue weighted by Crippen LogP contribution is -2.12. The Hall–Kier alpha value is -1.66. The van der Waals surface area contributed by atoms with E-state index in [-0.39, 0.29) is 16.3 Å². The first kappa shape index (κ1) is 12.8. The highest BCUT2D eigenvalue weighted by atomic mass is 35.5. The van der Waals surface area contributed by atoms with Crippen LogP contribution in [0.3, 0.4) is 0 Å². The monoisotopic (exact) mass is 283 g/mol. The lowest BCUT2D eigenvalue weighted by atomic mass is 10.2. The summed E-state index contributed by atoms with van der Waals surface area (Å²) in [6.45, 7) is 1.96. The van der Waals surface area contributed by atoms with Gasteiger partial charge >= 0.3 is 0 Å². The number of aromatic hydroxyl groups is 1. The van der Waals surface area contributed by atoms with Crippen LogP contribution in [-0.4, -0.2) is 21.2 Å². The van der Waals surface area contributed by atoms with Gasteiger partial charge in [-0.05, 0) is 24.6 Å². The van der Waals surface area contributed by atoms with Gasteiger partial charge in [-0.15, -0.1) is 10.2 Å². The molecule has 2 rings (SSSR count). The Morgan fingerprint density at radius 3 is 2.94 bits per heavy atom. The molecule has 2 aromatic rings. The summed E-state index contributed by atoms with van der Waals surface area (Å²) in [7, 11) is 0. The molecular formula is C11H10ClN3O2S. The van der Waals surface area contributed by atoms with Gasteiger partial charge in [-0.25, -0.2) is 0 Å². The van der Waals surface area contributed by atoms with Crippen molar-refractivity contribution in [2.45, 2.75) is 13.3 Å². The second-order valence-corrected chi connectivity index (χ2v) is 4.94. The maximum atomic E-state index is 11.9. The molecule has 0 radical (unpaired) electrons. The molecule has 5 nitrogen and oxygen atoms in total. The van der Waals surface area contributed by atoms with Crippen LogP contribution in [0.2, 0.25) is 5.02 Å². The fourth-order valence-corrected chi connectivity index (χ4v) is 2.18. The number of benzene rings is 1. The first-order valence-corrected chi connectivity index (χ1v) is 6.42. The molecule has 0 spiro atoms. The molecule has 1 aromatic carbocycles. The third kappa shape index (κ3) is 2.77. The van der Waals surface area contributed by atoms with Crippen molar-refractivity contribution in [1.29, 1.82) is 0 Å². The van der Waals surface area contributed by atoms with E-state index in [4.69, 9.17) is 11.6 Å². The van der Waals surface area contributed by atoms with Crippen LogP contribution >= 0.6 is 22.9 Å². The fourth-order valence-electron chi connectivity index (χ4n) is 1.30. The SMILES string of the molecule is CCc1nnc(NC(=O)c2cc(O)ccc2Cl)s1. The number of nitrogens with one attached hydrogen (secondary N) is 1. The van der Waals surface area contributed by atoms with E-state index in [9.17, 15) is 9.90 Å². The maximum Gasteiger partial charge on any atom is 0.259 e. The second kappa shape index (κ2) is 5.32. The number of carbonyl (C=O) groups excluding carboxylic acids is 1. The lowest BCUT2D eigenvalue weighted by molar-refractivity contribution is 0.102. The Labute approximate surface area is 112 Å². The number of aromatic nitrogens is 2. The molecule has 18 heavy (non-hydrogen) atoms. The predicted molar refractivity (Wildman–Crippen MR) is 70.4 cm³/mol. The van der Waals surface area contributed by atoms with Crippen molar-refractivity contribution < 1.29 is 9.90 Å². The minimum atomic E-state index is -0.422. The number of hydrogen-bond acceptors (Lipinski definition) is 5. The minimum Gasteiger partial charge on any atom is -0.508 e. The number of aryl methyl sites for hydroxylation is 1. The second-order valence-electron chi connectivity index (χ2n) is 3.47. The van der Waals surface area contributed by atoms with Gasteiger partial charge in [0, 0.05) is 0 Å². The van der Waals surface area contributed by atoms with E-state index >= 15 is 0 Å². The smallest absolute Gasteiger partial charge is 0.259 e. The van der Waals surface area contributed by atoms with Gasteiger partial charge in [0.2, 0.25) is 5.13 Å². The van der Waals surface area contributed by atoms with E-state index in [2.05, 4.69) is 15.5 Å². The highest BCUT2D eigenvalue weighted by Crippen LogP contribution is 2.23. The maximum absolute atomic E-state index is 11.9. The van der Waals surface area contributed by atoms with E-state index in [1.54, 1.807) is 0 Å². The van der Waals surface area contributed by atoms with Gasteiger partial charge in [-0.1, -0.05) is 29.9 Å². The summed E-state index contributed by atoms with van der Waals surface area (Å²) >= 11 is 7.19. The highest BCUT2D eigenvalue weighted by molar-refractivity contribution is 7.15. The molecule has 1 amide bonds. The van der Waals surface area contributed by atoms with Crippen molar-refractivity contribution in [2.24, 2.45) is 0 Å². The third-order valence-electron chi connectivity index (χ3n) is 2.18. The number of nitrogens with zero attached hydrogens (tertiary/aromatic N) is 2. The zero-order valence-corrected chi connectivity index (χ0v) is 11.0. The normalized spacial score (nSPS) is 10.3. The van der Waals surface area contributed by atoms with Crippen LogP contribution in [0.1, 0.15) is 22.3 Å². The van der Waals surface area contributed by atoms with E-state index in [0.717, 1.165) is 11.4 Å². The van der Waals surface area contributed by atoms with E-state index in [0.29, 0.717) is 5.13 Å². The van der Waals surface area contributed by atoms with E-state index in [1.807, 2.05) is 6.92 Å². The molecule has 0 unspecified atom stereocenters. The van der Waals surface area contributed by atoms with Gasteiger partial charge in [-0.2, -0.15) is 0 Å². The first-order chi connectivity index (χ1) is 8.60. The average molecular weight is 284 g/mol. The third-order valence-corrected chi connectivity index (χ3v) is 3.50. The van der Waals surface area contributed by atoms with Crippen LogP contribution in [0.5, 0.6) is 5.75 Å². The fraction of sp³-hybridized carbons (Fsp3) is 0.182. The summed E-state index contributed by atoms with van der Waals surface area (Å²) in [6, 6.07) is 4.18.